The van der Waals surface area contributed by atoms with Crippen LogP contribution in [0.15, 0.2) is 48.7 Å². The third kappa shape index (κ3) is 4.46. The van der Waals surface area contributed by atoms with Gasteiger partial charge in [0.1, 0.15) is 11.4 Å². The predicted molar refractivity (Wildman–Crippen MR) is 117 cm³/mol. The van der Waals surface area contributed by atoms with Gasteiger partial charge in [0.25, 0.3) is 5.91 Å². The molecule has 10 heteroatoms. The zero-order chi connectivity index (χ0) is 23.8. The number of methoxy groups -OCH3 is 2. The molecule has 2 aromatic carbocycles. The number of carbonyl (C=O) groups excluding carboxylic acids is 1. The minimum absolute atomic E-state index is 0.00738. The van der Waals surface area contributed by atoms with Crippen LogP contribution in [0.3, 0.4) is 0 Å². The molecule has 1 aliphatic rings. The van der Waals surface area contributed by atoms with Gasteiger partial charge < -0.3 is 20.1 Å². The van der Waals surface area contributed by atoms with E-state index in [2.05, 4.69) is 15.7 Å². The first-order valence-electron chi connectivity index (χ1n) is 10.2. The molecule has 0 fully saturated rings. The lowest BCUT2D eigenvalue weighted by Gasteiger charge is -2.34. The van der Waals surface area contributed by atoms with Crippen LogP contribution in [-0.2, 0) is 0 Å². The van der Waals surface area contributed by atoms with Crippen molar-refractivity contribution in [3.05, 3.63) is 65.4 Å². The van der Waals surface area contributed by atoms with Crippen LogP contribution in [0.5, 0.6) is 11.5 Å². The van der Waals surface area contributed by atoms with Gasteiger partial charge in [-0.3, -0.25) is 4.79 Å². The molecule has 33 heavy (non-hydrogen) atoms. The van der Waals surface area contributed by atoms with Crippen molar-refractivity contribution in [2.75, 3.05) is 24.9 Å². The largest absolute Gasteiger partial charge is 0.493 e. The Labute approximate surface area is 188 Å². The van der Waals surface area contributed by atoms with Gasteiger partial charge in [-0.05, 0) is 36.8 Å². The summed E-state index contributed by atoms with van der Waals surface area (Å²) >= 11 is 0. The van der Waals surface area contributed by atoms with Crippen LogP contribution in [0.4, 0.5) is 24.7 Å². The lowest BCUT2D eigenvalue weighted by atomic mass is 9.96. The van der Waals surface area contributed by atoms with Crippen molar-refractivity contribution >= 4 is 17.4 Å². The van der Waals surface area contributed by atoms with Gasteiger partial charge in [0.05, 0.1) is 26.5 Å². The second kappa shape index (κ2) is 8.68. The van der Waals surface area contributed by atoms with Crippen molar-refractivity contribution in [1.29, 1.82) is 0 Å². The number of aryl methyl sites for hydroxylation is 1. The Morgan fingerprint density at radius 2 is 1.82 bits per heavy atom. The third-order valence-electron chi connectivity index (χ3n) is 5.60. The summed E-state index contributed by atoms with van der Waals surface area (Å²) in [7, 11) is 2.94. The number of nitrogens with zero attached hydrogens (tertiary/aromatic N) is 2. The van der Waals surface area contributed by atoms with Crippen molar-refractivity contribution in [2.24, 2.45) is 0 Å². The molecular weight excluding hydrogens is 437 g/mol. The van der Waals surface area contributed by atoms with Gasteiger partial charge in [-0.15, -0.1) is 0 Å². The molecule has 0 bridgehead atoms. The van der Waals surface area contributed by atoms with Crippen LogP contribution in [0.25, 0.3) is 0 Å². The summed E-state index contributed by atoms with van der Waals surface area (Å²) in [5.74, 6) is 0.318. The fraction of sp³-hybridized carbons (Fsp3) is 0.304. The molecule has 2 atom stereocenters. The Morgan fingerprint density at radius 3 is 2.45 bits per heavy atom. The van der Waals surface area contributed by atoms with E-state index in [4.69, 9.17) is 9.47 Å². The quantitative estimate of drug-likeness (QED) is 0.553. The molecule has 0 aliphatic carbocycles. The molecule has 7 nitrogen and oxygen atoms in total. The molecule has 1 aliphatic heterocycles. The molecule has 4 rings (SSSR count). The SMILES string of the molecule is COc1ccc([C@H]2C[C@H](C(F)(F)F)n3ncc(C(=O)Nc4ccc(C)cc4)c3N2)cc1OC. The third-order valence-corrected chi connectivity index (χ3v) is 5.60. The number of carbonyl (C=O) groups is 1. The van der Waals surface area contributed by atoms with Crippen LogP contribution in [0.1, 0.15) is 40.0 Å². The van der Waals surface area contributed by atoms with Gasteiger partial charge in [0, 0.05) is 12.1 Å². The average molecular weight is 460 g/mol. The number of halogens is 3. The Kier molecular flexibility index (Phi) is 5.92. The topological polar surface area (TPSA) is 77.4 Å². The Bertz CT molecular complexity index is 1160. The summed E-state index contributed by atoms with van der Waals surface area (Å²) in [4.78, 5) is 12.9. The Morgan fingerprint density at radius 1 is 1.12 bits per heavy atom. The highest BCUT2D eigenvalue weighted by atomic mass is 19.4. The highest BCUT2D eigenvalue weighted by Crippen LogP contribution is 2.45. The van der Waals surface area contributed by atoms with E-state index in [1.807, 2.05) is 19.1 Å². The first-order chi connectivity index (χ1) is 15.7. The highest BCUT2D eigenvalue weighted by Gasteiger charge is 2.47. The van der Waals surface area contributed by atoms with Crippen LogP contribution >= 0.6 is 0 Å². The van der Waals surface area contributed by atoms with E-state index < -0.39 is 24.2 Å². The summed E-state index contributed by atoms with van der Waals surface area (Å²) in [5.41, 5.74) is 2.14. The second-order valence-electron chi connectivity index (χ2n) is 7.78. The van der Waals surface area contributed by atoms with Crippen molar-refractivity contribution in [2.45, 2.75) is 31.6 Å². The van der Waals surface area contributed by atoms with E-state index in [0.29, 0.717) is 22.7 Å². The summed E-state index contributed by atoms with van der Waals surface area (Å²) < 4.78 is 53.2. The van der Waals surface area contributed by atoms with Crippen molar-refractivity contribution in [1.82, 2.24) is 9.78 Å². The Balaban J connectivity index is 1.69. The molecule has 1 aromatic heterocycles. The summed E-state index contributed by atoms with van der Waals surface area (Å²) in [5, 5.41) is 9.68. The van der Waals surface area contributed by atoms with Crippen molar-refractivity contribution in [3.63, 3.8) is 0 Å². The molecule has 2 heterocycles. The molecule has 3 aromatic rings. The number of amides is 1. The Hall–Kier alpha value is -3.69. The number of hydrogen-bond donors (Lipinski definition) is 2. The lowest BCUT2D eigenvalue weighted by molar-refractivity contribution is -0.173. The highest BCUT2D eigenvalue weighted by molar-refractivity contribution is 6.07. The zero-order valence-electron chi connectivity index (χ0n) is 18.2. The standard InChI is InChI=1S/C23H23F3N4O3/c1-13-4-7-15(8-5-13)28-22(31)16-12-27-30-20(23(24,25)26)11-17(29-21(16)30)14-6-9-18(32-2)19(10-14)33-3/h4-10,12,17,20,29H,11H2,1-3H3,(H,28,31)/t17-,20-/m1/s1. The summed E-state index contributed by atoms with van der Waals surface area (Å²) in [6, 6.07) is 9.41. The number of anilines is 2. The molecule has 1 amide bonds. The van der Waals surface area contributed by atoms with Gasteiger partial charge in [-0.25, -0.2) is 4.68 Å². The van der Waals surface area contributed by atoms with Crippen molar-refractivity contribution < 1.29 is 27.4 Å². The maximum Gasteiger partial charge on any atom is 0.410 e. The van der Waals surface area contributed by atoms with Crippen LogP contribution in [0.2, 0.25) is 0 Å². The van der Waals surface area contributed by atoms with E-state index in [1.54, 1.807) is 30.3 Å². The minimum atomic E-state index is -4.55. The van der Waals surface area contributed by atoms with E-state index in [1.165, 1.54) is 14.2 Å². The van der Waals surface area contributed by atoms with Crippen LogP contribution < -0.4 is 20.1 Å². The average Bonchev–Trinajstić information content (AvgIpc) is 3.22. The first kappa shape index (κ1) is 22.5. The number of aromatic nitrogens is 2. The lowest BCUT2D eigenvalue weighted by Crippen LogP contribution is -2.36. The number of alkyl halides is 3. The fourth-order valence-corrected chi connectivity index (χ4v) is 3.85. The molecule has 174 valence electrons. The first-order valence-corrected chi connectivity index (χ1v) is 10.2. The number of rotatable bonds is 5. The molecule has 0 saturated carbocycles. The van der Waals surface area contributed by atoms with Gasteiger partial charge in [0.2, 0.25) is 0 Å². The summed E-state index contributed by atoms with van der Waals surface area (Å²) in [6.07, 6.45) is -3.70. The number of nitrogens with one attached hydrogen (secondary N) is 2. The maximum atomic E-state index is 13.9. The van der Waals surface area contributed by atoms with E-state index in [0.717, 1.165) is 16.4 Å². The van der Waals surface area contributed by atoms with Gasteiger partial charge in [0.15, 0.2) is 17.5 Å². The number of fused-ring (bicyclic) bond motifs is 1. The van der Waals surface area contributed by atoms with E-state index in [-0.39, 0.29) is 17.8 Å². The monoisotopic (exact) mass is 460 g/mol. The van der Waals surface area contributed by atoms with E-state index in [9.17, 15) is 18.0 Å². The number of benzene rings is 2. The van der Waals surface area contributed by atoms with Crippen LogP contribution in [-0.4, -0.2) is 36.1 Å². The van der Waals surface area contributed by atoms with Gasteiger partial charge >= 0.3 is 6.18 Å². The fourth-order valence-electron chi connectivity index (χ4n) is 3.85. The smallest absolute Gasteiger partial charge is 0.410 e. The molecule has 0 saturated heterocycles. The zero-order valence-corrected chi connectivity index (χ0v) is 18.2. The van der Waals surface area contributed by atoms with Crippen LogP contribution in [0, 0.1) is 6.92 Å². The molecule has 0 radical (unpaired) electrons. The molecular formula is C23H23F3N4O3. The van der Waals surface area contributed by atoms with Gasteiger partial charge in [-0.2, -0.15) is 18.3 Å². The van der Waals surface area contributed by atoms with Gasteiger partial charge in [-0.1, -0.05) is 23.8 Å². The van der Waals surface area contributed by atoms with E-state index >= 15 is 0 Å². The number of ether oxygens (including phenoxy) is 2. The molecule has 0 spiro atoms. The molecule has 2 N–H and O–H groups in total. The molecule has 0 unspecified atom stereocenters. The van der Waals surface area contributed by atoms with Crippen molar-refractivity contribution in [3.8, 4) is 11.5 Å². The summed E-state index contributed by atoms with van der Waals surface area (Å²) in [6.45, 7) is 1.91. The minimum Gasteiger partial charge on any atom is -0.493 e. The maximum absolute atomic E-state index is 13.9. The predicted octanol–water partition coefficient (Wildman–Crippen LogP) is 5.12. The normalized spacial score (nSPS) is 17.6. The number of hydrogen-bond acceptors (Lipinski definition) is 5. The second-order valence-corrected chi connectivity index (χ2v) is 7.78.